The molecule has 0 bridgehead atoms. The number of hydrogen-bond acceptors (Lipinski definition) is 6. The highest BCUT2D eigenvalue weighted by Crippen LogP contribution is 2.36. The van der Waals surface area contributed by atoms with Crippen LogP contribution >= 0.6 is 11.5 Å². The van der Waals surface area contributed by atoms with E-state index in [0.29, 0.717) is 19.5 Å². The molecule has 0 saturated heterocycles. The van der Waals surface area contributed by atoms with Crippen molar-refractivity contribution in [2.75, 3.05) is 30.4 Å². The molecule has 1 aromatic carbocycles. The minimum atomic E-state index is -0.756. The quantitative estimate of drug-likeness (QED) is 0.932. The van der Waals surface area contributed by atoms with Gasteiger partial charge in [0.2, 0.25) is 5.13 Å². The number of carbonyl (C=O) groups is 1. The van der Waals surface area contributed by atoms with Gasteiger partial charge in [0.25, 0.3) is 0 Å². The molecule has 1 aliphatic heterocycles. The van der Waals surface area contributed by atoms with E-state index < -0.39 is 11.9 Å². The maximum atomic E-state index is 11.4. The highest BCUT2D eigenvalue weighted by Gasteiger charge is 2.30. The summed E-state index contributed by atoms with van der Waals surface area (Å²) in [6.45, 7) is 1.30. The number of hydrogen-bond donors (Lipinski definition) is 1. The van der Waals surface area contributed by atoms with E-state index in [1.807, 2.05) is 43.3 Å². The summed E-state index contributed by atoms with van der Waals surface area (Å²) in [7, 11) is 3.88. The molecule has 1 N–H and O–H groups in total. The molecule has 22 heavy (non-hydrogen) atoms. The first kappa shape index (κ1) is 14.8. The predicted molar refractivity (Wildman–Crippen MR) is 86.7 cm³/mol. The van der Waals surface area contributed by atoms with E-state index in [1.165, 1.54) is 11.5 Å². The summed E-state index contributed by atoms with van der Waals surface area (Å²) >= 11 is 1.38. The zero-order valence-electron chi connectivity index (χ0n) is 12.6. The smallest absolute Gasteiger partial charge is 0.311 e. The van der Waals surface area contributed by atoms with E-state index >= 15 is 0 Å². The minimum Gasteiger partial charge on any atom is -0.481 e. The minimum absolute atomic E-state index is 0.423. The van der Waals surface area contributed by atoms with Crippen molar-refractivity contribution in [1.29, 1.82) is 0 Å². The summed E-state index contributed by atoms with van der Waals surface area (Å²) in [5.74, 6) is -0.403. The number of rotatable bonds is 4. The van der Waals surface area contributed by atoms with Gasteiger partial charge in [-0.15, -0.1) is 0 Å². The Bertz CT molecular complexity index is 686. The Balaban J connectivity index is 1.85. The number of aromatic nitrogens is 2. The van der Waals surface area contributed by atoms with Crippen molar-refractivity contribution in [2.45, 2.75) is 18.9 Å². The van der Waals surface area contributed by atoms with Gasteiger partial charge >= 0.3 is 5.97 Å². The summed E-state index contributed by atoms with van der Waals surface area (Å²) in [6, 6.07) is 7.71. The largest absolute Gasteiger partial charge is 0.481 e. The third kappa shape index (κ3) is 2.76. The Hall–Kier alpha value is -2.15. The number of carboxylic acid groups (broad SMARTS) is 1. The highest BCUT2D eigenvalue weighted by molar-refractivity contribution is 7.09. The number of fused-ring (bicyclic) bond motifs is 1. The first-order valence-electron chi connectivity index (χ1n) is 7.13. The molecule has 0 radical (unpaired) electrons. The Morgan fingerprint density at radius 2 is 2.23 bits per heavy atom. The molecule has 0 spiro atoms. The summed E-state index contributed by atoms with van der Waals surface area (Å²) in [4.78, 5) is 20.0. The zero-order valence-corrected chi connectivity index (χ0v) is 13.4. The van der Waals surface area contributed by atoms with Crippen LogP contribution in [0.15, 0.2) is 24.3 Å². The Kier molecular flexibility index (Phi) is 3.98. The number of aliphatic carboxylic acids is 1. The molecule has 0 saturated carbocycles. The van der Waals surface area contributed by atoms with Crippen molar-refractivity contribution in [1.82, 2.24) is 9.36 Å². The fourth-order valence-electron chi connectivity index (χ4n) is 2.71. The van der Waals surface area contributed by atoms with Crippen molar-refractivity contribution < 1.29 is 9.90 Å². The molecular weight excluding hydrogens is 300 g/mol. The third-order valence-electron chi connectivity index (χ3n) is 3.81. The molecule has 1 aliphatic rings. The van der Waals surface area contributed by atoms with Gasteiger partial charge < -0.3 is 14.9 Å². The second kappa shape index (κ2) is 5.92. The monoisotopic (exact) mass is 318 g/mol. The van der Waals surface area contributed by atoms with Crippen LogP contribution in [0.3, 0.4) is 0 Å². The third-order valence-corrected chi connectivity index (χ3v) is 4.73. The van der Waals surface area contributed by atoms with Crippen molar-refractivity contribution in [2.24, 2.45) is 0 Å². The number of benzene rings is 1. The molecule has 1 unspecified atom stereocenters. The Morgan fingerprint density at radius 1 is 1.45 bits per heavy atom. The summed E-state index contributed by atoms with van der Waals surface area (Å²) < 4.78 is 4.39. The maximum absolute atomic E-state index is 11.4. The van der Waals surface area contributed by atoms with Crippen molar-refractivity contribution in [3.8, 4) is 0 Å². The van der Waals surface area contributed by atoms with Crippen LogP contribution < -0.4 is 9.80 Å². The maximum Gasteiger partial charge on any atom is 0.311 e. The van der Waals surface area contributed by atoms with Crippen LogP contribution in [0.25, 0.3) is 0 Å². The number of anilines is 2. The van der Waals surface area contributed by atoms with Gasteiger partial charge in [0.15, 0.2) is 5.82 Å². The zero-order chi connectivity index (χ0) is 15.7. The van der Waals surface area contributed by atoms with Gasteiger partial charge in [0, 0.05) is 37.9 Å². The lowest BCUT2D eigenvalue weighted by atomic mass is 9.90. The van der Waals surface area contributed by atoms with E-state index in [1.54, 1.807) is 0 Å². The van der Waals surface area contributed by atoms with E-state index in [9.17, 15) is 9.90 Å². The molecule has 2 heterocycles. The average molecular weight is 318 g/mol. The normalized spacial score (nSPS) is 17.2. The van der Waals surface area contributed by atoms with Crippen molar-refractivity contribution >= 4 is 28.3 Å². The molecule has 6 nitrogen and oxygen atoms in total. The van der Waals surface area contributed by atoms with Crippen LogP contribution in [-0.2, 0) is 11.3 Å². The second-order valence-corrected chi connectivity index (χ2v) is 6.28. The number of para-hydroxylation sites is 1. The van der Waals surface area contributed by atoms with E-state index in [0.717, 1.165) is 22.2 Å². The highest BCUT2D eigenvalue weighted by atomic mass is 32.1. The molecule has 3 rings (SSSR count). The number of nitrogens with zero attached hydrogens (tertiary/aromatic N) is 4. The van der Waals surface area contributed by atoms with Gasteiger partial charge in [-0.05, 0) is 18.1 Å². The molecule has 0 fully saturated rings. The van der Waals surface area contributed by atoms with Crippen LogP contribution in [0.5, 0.6) is 0 Å². The second-order valence-electron chi connectivity index (χ2n) is 5.55. The summed E-state index contributed by atoms with van der Waals surface area (Å²) in [5.41, 5.74) is 1.85. The van der Waals surface area contributed by atoms with Crippen molar-refractivity contribution in [3.05, 3.63) is 35.7 Å². The number of carboxylic acids is 1. The standard InChI is InChI=1S/C15H18N4O2S/c1-18(2)15-16-13(17-22-15)9-19-8-7-11(14(20)21)10-5-3-4-6-12(10)19/h3-6,11H,7-9H2,1-2H3,(H,20,21). The predicted octanol–water partition coefficient (Wildman–Crippen LogP) is 2.18. The molecule has 116 valence electrons. The lowest BCUT2D eigenvalue weighted by Crippen LogP contribution is -2.33. The van der Waals surface area contributed by atoms with Crippen LogP contribution in [0.2, 0.25) is 0 Å². The molecular formula is C15H18N4O2S. The molecule has 7 heteroatoms. The van der Waals surface area contributed by atoms with Gasteiger partial charge in [-0.25, -0.2) is 4.98 Å². The van der Waals surface area contributed by atoms with E-state index in [4.69, 9.17) is 0 Å². The van der Waals surface area contributed by atoms with Gasteiger partial charge in [-0.2, -0.15) is 4.37 Å². The Labute approximate surface area is 133 Å². The average Bonchev–Trinajstić information content (AvgIpc) is 2.96. The first-order chi connectivity index (χ1) is 10.6. The van der Waals surface area contributed by atoms with E-state index in [2.05, 4.69) is 14.3 Å². The van der Waals surface area contributed by atoms with Gasteiger partial charge in [-0.3, -0.25) is 4.79 Å². The van der Waals surface area contributed by atoms with E-state index in [-0.39, 0.29) is 0 Å². The molecule has 2 aromatic rings. The van der Waals surface area contributed by atoms with Gasteiger partial charge in [0.05, 0.1) is 12.5 Å². The summed E-state index contributed by atoms with van der Waals surface area (Å²) in [5, 5.41) is 10.3. The molecule has 1 aromatic heterocycles. The Morgan fingerprint density at radius 3 is 2.91 bits per heavy atom. The van der Waals surface area contributed by atoms with Crippen molar-refractivity contribution in [3.63, 3.8) is 0 Å². The van der Waals surface area contributed by atoms with Crippen LogP contribution in [0, 0.1) is 0 Å². The van der Waals surface area contributed by atoms with Gasteiger partial charge in [-0.1, -0.05) is 18.2 Å². The van der Waals surface area contributed by atoms with Crippen LogP contribution in [0.1, 0.15) is 23.7 Å². The lowest BCUT2D eigenvalue weighted by molar-refractivity contribution is -0.139. The van der Waals surface area contributed by atoms with Gasteiger partial charge in [0.1, 0.15) is 0 Å². The summed E-state index contributed by atoms with van der Waals surface area (Å²) in [6.07, 6.45) is 0.608. The SMILES string of the molecule is CN(C)c1nc(CN2CCC(C(=O)O)c3ccccc32)ns1. The lowest BCUT2D eigenvalue weighted by Gasteiger charge is -2.33. The van der Waals surface area contributed by atoms with Crippen LogP contribution in [0.4, 0.5) is 10.8 Å². The van der Waals surface area contributed by atoms with Crippen LogP contribution in [-0.4, -0.2) is 41.1 Å². The molecule has 1 atom stereocenters. The first-order valence-corrected chi connectivity index (χ1v) is 7.90. The fraction of sp³-hybridized carbons (Fsp3) is 0.400. The topological polar surface area (TPSA) is 69.6 Å². The fourth-order valence-corrected chi connectivity index (χ4v) is 3.31. The molecule has 0 aliphatic carbocycles. The molecule has 0 amide bonds.